The van der Waals surface area contributed by atoms with Crippen molar-refractivity contribution in [3.63, 3.8) is 0 Å². The Hall–Kier alpha value is -0.820. The summed E-state index contributed by atoms with van der Waals surface area (Å²) in [7, 11) is 0. The van der Waals surface area contributed by atoms with Crippen LogP contribution in [0.4, 0.5) is 0 Å². The van der Waals surface area contributed by atoms with Gasteiger partial charge in [-0.25, -0.2) is 0 Å². The molecular formula is C25H39NO2. The largest absolute Gasteiger partial charge is 0.393 e. The summed E-state index contributed by atoms with van der Waals surface area (Å²) >= 11 is 0. The number of terminal acetylenes is 1. The Labute approximate surface area is 171 Å². The van der Waals surface area contributed by atoms with Crippen molar-refractivity contribution in [3.8, 4) is 12.3 Å². The minimum atomic E-state index is -0.593. The Morgan fingerprint density at radius 3 is 2.75 bits per heavy atom. The number of nitrogens with two attached hydrogens (primary N) is 1. The average Bonchev–Trinajstić information content (AvgIpc) is 3.00. The molecular weight excluding hydrogens is 346 g/mol. The van der Waals surface area contributed by atoms with Crippen LogP contribution in [0, 0.1) is 40.9 Å². The topological polar surface area (TPSA) is 66.5 Å². The monoisotopic (exact) mass is 385 g/mol. The molecule has 8 unspecified atom stereocenters. The van der Waals surface area contributed by atoms with Crippen LogP contribution in [-0.4, -0.2) is 28.0 Å². The summed E-state index contributed by atoms with van der Waals surface area (Å²) in [6, 6.07) is 0. The zero-order valence-electron chi connectivity index (χ0n) is 17.8. The standard InChI is InChI=1S/C25H39NO2/c1-4-19(27)7-5-6-17-8-9-21-23(17,2)14-12-22-24(3)13-11-20(28)16-18(24)10-15-25(21,22)26/h1,10,17,19-22,27-28H,5-9,11-16,26H2,2-3H3. The summed E-state index contributed by atoms with van der Waals surface area (Å²) in [6.45, 7) is 4.94. The molecule has 0 radical (unpaired) electrons. The molecule has 4 aliphatic rings. The second-order valence-corrected chi connectivity index (χ2v) is 10.9. The number of hydrogen-bond acceptors (Lipinski definition) is 3. The molecule has 3 saturated carbocycles. The maximum atomic E-state index is 10.2. The van der Waals surface area contributed by atoms with Crippen molar-refractivity contribution < 1.29 is 10.2 Å². The highest BCUT2D eigenvalue weighted by molar-refractivity contribution is 5.30. The number of aliphatic hydroxyl groups is 2. The predicted molar refractivity (Wildman–Crippen MR) is 113 cm³/mol. The highest BCUT2D eigenvalue weighted by Crippen LogP contribution is 2.67. The van der Waals surface area contributed by atoms with Gasteiger partial charge in [0.05, 0.1) is 6.10 Å². The second kappa shape index (κ2) is 7.15. The number of fused-ring (bicyclic) bond motifs is 5. The third-order valence-electron chi connectivity index (χ3n) is 9.68. The molecule has 0 aliphatic heterocycles. The molecule has 28 heavy (non-hydrogen) atoms. The van der Waals surface area contributed by atoms with E-state index in [1.54, 1.807) is 0 Å². The van der Waals surface area contributed by atoms with E-state index in [1.165, 1.54) is 31.3 Å². The van der Waals surface area contributed by atoms with E-state index < -0.39 is 6.10 Å². The first kappa shape index (κ1) is 20.5. The number of aliphatic hydroxyl groups excluding tert-OH is 2. The van der Waals surface area contributed by atoms with Gasteiger partial charge in [0, 0.05) is 5.54 Å². The van der Waals surface area contributed by atoms with Gasteiger partial charge in [-0.15, -0.1) is 6.42 Å². The van der Waals surface area contributed by atoms with E-state index in [9.17, 15) is 10.2 Å². The highest BCUT2D eigenvalue weighted by Gasteiger charge is 2.63. The molecule has 4 aliphatic carbocycles. The zero-order valence-corrected chi connectivity index (χ0v) is 17.8. The highest BCUT2D eigenvalue weighted by atomic mass is 16.3. The number of rotatable bonds is 4. The Morgan fingerprint density at radius 1 is 1.21 bits per heavy atom. The van der Waals surface area contributed by atoms with Crippen LogP contribution in [0.25, 0.3) is 0 Å². The van der Waals surface area contributed by atoms with E-state index in [0.717, 1.165) is 44.9 Å². The fourth-order valence-electron chi connectivity index (χ4n) is 8.08. The summed E-state index contributed by atoms with van der Waals surface area (Å²) in [5.74, 6) is 4.28. The lowest BCUT2D eigenvalue weighted by molar-refractivity contribution is -0.0683. The maximum Gasteiger partial charge on any atom is 0.114 e. The smallest absolute Gasteiger partial charge is 0.114 e. The van der Waals surface area contributed by atoms with Crippen molar-refractivity contribution in [2.75, 3.05) is 0 Å². The van der Waals surface area contributed by atoms with Crippen LogP contribution in [0.1, 0.15) is 84.5 Å². The van der Waals surface area contributed by atoms with Crippen molar-refractivity contribution in [2.45, 2.75) is 102 Å². The fourth-order valence-corrected chi connectivity index (χ4v) is 8.08. The summed E-state index contributed by atoms with van der Waals surface area (Å²) in [6.07, 6.45) is 18.7. The zero-order chi connectivity index (χ0) is 20.2. The van der Waals surface area contributed by atoms with Gasteiger partial charge >= 0.3 is 0 Å². The summed E-state index contributed by atoms with van der Waals surface area (Å²) in [5, 5.41) is 19.9. The van der Waals surface area contributed by atoms with Gasteiger partial charge in [-0.05, 0) is 99.2 Å². The van der Waals surface area contributed by atoms with E-state index >= 15 is 0 Å². The lowest BCUT2D eigenvalue weighted by Crippen LogP contribution is -2.66. The van der Waals surface area contributed by atoms with Gasteiger partial charge in [0.25, 0.3) is 0 Å². The summed E-state index contributed by atoms with van der Waals surface area (Å²) in [4.78, 5) is 0. The molecule has 0 saturated heterocycles. The third kappa shape index (κ3) is 2.99. The Bertz CT molecular complexity index is 681. The Kier molecular flexibility index (Phi) is 5.22. The fraction of sp³-hybridized carbons (Fsp3) is 0.840. The summed E-state index contributed by atoms with van der Waals surface area (Å²) in [5.41, 5.74) is 9.24. The van der Waals surface area contributed by atoms with Crippen molar-refractivity contribution in [1.29, 1.82) is 0 Å². The number of hydrogen-bond donors (Lipinski definition) is 3. The molecule has 0 aromatic heterocycles. The third-order valence-corrected chi connectivity index (χ3v) is 9.68. The quantitative estimate of drug-likeness (QED) is 0.502. The molecule has 0 bridgehead atoms. The van der Waals surface area contributed by atoms with E-state index in [1.807, 2.05) is 0 Å². The van der Waals surface area contributed by atoms with Gasteiger partial charge in [-0.2, -0.15) is 0 Å². The van der Waals surface area contributed by atoms with E-state index in [-0.39, 0.29) is 17.1 Å². The molecule has 0 amide bonds. The molecule has 3 heteroatoms. The van der Waals surface area contributed by atoms with Gasteiger partial charge in [0.2, 0.25) is 0 Å². The molecule has 4 N–H and O–H groups in total. The predicted octanol–water partition coefficient (Wildman–Crippen LogP) is 4.17. The lowest BCUT2D eigenvalue weighted by Gasteiger charge is -2.63. The van der Waals surface area contributed by atoms with Crippen LogP contribution in [0.5, 0.6) is 0 Å². The molecule has 0 heterocycles. The van der Waals surface area contributed by atoms with Crippen LogP contribution in [0.3, 0.4) is 0 Å². The van der Waals surface area contributed by atoms with Gasteiger partial charge in [0.1, 0.15) is 6.10 Å². The molecule has 3 nitrogen and oxygen atoms in total. The SMILES string of the molecule is C#CC(O)CCCC1CCC2C1(C)CCC1C3(C)CCC(O)CC3=CCC12N. The first-order valence-electron chi connectivity index (χ1n) is 11.5. The molecule has 156 valence electrons. The normalized spacial score (nSPS) is 48.6. The van der Waals surface area contributed by atoms with Crippen molar-refractivity contribution in [1.82, 2.24) is 0 Å². The van der Waals surface area contributed by atoms with Crippen LogP contribution in [0.15, 0.2) is 11.6 Å². The first-order chi connectivity index (χ1) is 13.2. The second-order valence-electron chi connectivity index (χ2n) is 10.9. The molecule has 0 aromatic carbocycles. The van der Waals surface area contributed by atoms with E-state index in [4.69, 9.17) is 12.2 Å². The van der Waals surface area contributed by atoms with Gasteiger partial charge in [-0.1, -0.05) is 31.4 Å². The van der Waals surface area contributed by atoms with Crippen LogP contribution in [-0.2, 0) is 0 Å². The molecule has 0 spiro atoms. The van der Waals surface area contributed by atoms with Gasteiger partial charge in [-0.3, -0.25) is 0 Å². The molecule has 4 rings (SSSR count). The van der Waals surface area contributed by atoms with E-state index in [2.05, 4.69) is 25.8 Å². The molecule has 0 aromatic rings. The van der Waals surface area contributed by atoms with Crippen LogP contribution in [0.2, 0.25) is 0 Å². The summed E-state index contributed by atoms with van der Waals surface area (Å²) < 4.78 is 0. The maximum absolute atomic E-state index is 10.2. The van der Waals surface area contributed by atoms with Crippen LogP contribution >= 0.6 is 0 Å². The molecule has 3 fully saturated rings. The minimum Gasteiger partial charge on any atom is -0.393 e. The van der Waals surface area contributed by atoms with Crippen molar-refractivity contribution in [3.05, 3.63) is 11.6 Å². The van der Waals surface area contributed by atoms with E-state index in [0.29, 0.717) is 23.2 Å². The lowest BCUT2D eigenvalue weighted by atomic mass is 9.44. The van der Waals surface area contributed by atoms with Gasteiger partial charge < -0.3 is 15.9 Å². The average molecular weight is 386 g/mol. The Morgan fingerprint density at radius 2 is 2.00 bits per heavy atom. The Balaban J connectivity index is 1.54. The van der Waals surface area contributed by atoms with Crippen molar-refractivity contribution in [2.24, 2.45) is 34.3 Å². The first-order valence-corrected chi connectivity index (χ1v) is 11.5. The van der Waals surface area contributed by atoms with Crippen LogP contribution < -0.4 is 5.73 Å². The molecule has 8 atom stereocenters. The van der Waals surface area contributed by atoms with Gasteiger partial charge in [0.15, 0.2) is 0 Å². The van der Waals surface area contributed by atoms with Crippen molar-refractivity contribution >= 4 is 0 Å². The minimum absolute atomic E-state index is 0.0966.